The number of rotatable bonds is 6. The van der Waals surface area contributed by atoms with Gasteiger partial charge in [0.2, 0.25) is 0 Å². The highest BCUT2D eigenvalue weighted by atomic mass is 32.2. The van der Waals surface area contributed by atoms with Crippen molar-refractivity contribution >= 4 is 10.1 Å². The second-order valence-corrected chi connectivity index (χ2v) is 5.73. The molecule has 0 heterocycles. The van der Waals surface area contributed by atoms with Crippen LogP contribution >= 0.6 is 0 Å². The third-order valence-electron chi connectivity index (χ3n) is 2.50. The average Bonchev–Trinajstić information content (AvgIpc) is 2.16. The van der Waals surface area contributed by atoms with Gasteiger partial charge in [0, 0.05) is 0 Å². The fraction of sp³-hybridized carbons (Fsp3) is 0.500. The molecule has 3 nitrogen and oxygen atoms in total. The third kappa shape index (κ3) is 5.88. The molecular weight excluding hydrogens is 224 g/mol. The van der Waals surface area contributed by atoms with E-state index in [1.165, 1.54) is 5.56 Å². The molecule has 0 bridgehead atoms. The molecule has 0 saturated carbocycles. The first-order valence-corrected chi connectivity index (χ1v) is 7.07. The maximum absolute atomic E-state index is 10.6. The molecule has 1 rings (SSSR count). The summed E-state index contributed by atoms with van der Waals surface area (Å²) in [6, 6.07) is 10.1. The van der Waals surface area contributed by atoms with Crippen molar-refractivity contribution in [1.29, 1.82) is 0 Å². The summed E-state index contributed by atoms with van der Waals surface area (Å²) in [5.41, 5.74) is 1.27. The first-order chi connectivity index (χ1) is 7.47. The smallest absolute Gasteiger partial charge is 0.265 e. The predicted molar refractivity (Wildman–Crippen MR) is 65.0 cm³/mol. The molecule has 90 valence electrons. The molecule has 0 aliphatic carbocycles. The molecule has 0 radical (unpaired) electrons. The second-order valence-electron chi connectivity index (χ2n) is 4.23. The van der Waals surface area contributed by atoms with Crippen molar-refractivity contribution in [2.24, 2.45) is 5.92 Å². The summed E-state index contributed by atoms with van der Waals surface area (Å²) < 4.78 is 29.9. The van der Waals surface area contributed by atoms with Crippen LogP contribution in [0.5, 0.6) is 0 Å². The molecule has 1 N–H and O–H groups in total. The first kappa shape index (κ1) is 13.2. The van der Waals surface area contributed by atoms with Gasteiger partial charge >= 0.3 is 0 Å². The molecule has 0 saturated heterocycles. The zero-order valence-electron chi connectivity index (χ0n) is 9.46. The largest absolute Gasteiger partial charge is 0.286 e. The van der Waals surface area contributed by atoms with Gasteiger partial charge < -0.3 is 0 Å². The van der Waals surface area contributed by atoms with E-state index < -0.39 is 10.1 Å². The van der Waals surface area contributed by atoms with Crippen LogP contribution in [0.1, 0.15) is 25.3 Å². The Morgan fingerprint density at radius 1 is 1.25 bits per heavy atom. The summed E-state index contributed by atoms with van der Waals surface area (Å²) in [6.07, 6.45) is 2.71. The normalized spacial score (nSPS) is 13.6. The highest BCUT2D eigenvalue weighted by Crippen LogP contribution is 2.11. The second kappa shape index (κ2) is 6.01. The van der Waals surface area contributed by atoms with Crippen LogP contribution in [0.2, 0.25) is 0 Å². The molecule has 0 aromatic heterocycles. The number of hydrogen-bond acceptors (Lipinski definition) is 2. The number of aryl methyl sites for hydroxylation is 1. The SMILES string of the molecule is CC(CCCc1ccccc1)CS(=O)(=O)O. The quantitative estimate of drug-likeness (QED) is 0.780. The van der Waals surface area contributed by atoms with Gasteiger partial charge in [0.25, 0.3) is 10.1 Å². The van der Waals surface area contributed by atoms with Gasteiger partial charge in [-0.05, 0) is 30.7 Å². The van der Waals surface area contributed by atoms with Gasteiger partial charge in [-0.3, -0.25) is 4.55 Å². The molecule has 0 aliphatic heterocycles. The van der Waals surface area contributed by atoms with E-state index in [-0.39, 0.29) is 11.7 Å². The minimum Gasteiger partial charge on any atom is -0.286 e. The number of hydrogen-bond donors (Lipinski definition) is 1. The van der Waals surface area contributed by atoms with E-state index in [4.69, 9.17) is 4.55 Å². The van der Waals surface area contributed by atoms with Crippen molar-refractivity contribution in [1.82, 2.24) is 0 Å². The summed E-state index contributed by atoms with van der Waals surface area (Å²) in [5, 5.41) is 0. The Balaban J connectivity index is 2.26. The van der Waals surface area contributed by atoms with Crippen LogP contribution in [0.15, 0.2) is 30.3 Å². The molecule has 0 aliphatic rings. The van der Waals surface area contributed by atoms with Crippen molar-refractivity contribution < 1.29 is 13.0 Å². The topological polar surface area (TPSA) is 54.4 Å². The van der Waals surface area contributed by atoms with E-state index in [0.29, 0.717) is 0 Å². The predicted octanol–water partition coefficient (Wildman–Crippen LogP) is 2.53. The summed E-state index contributed by atoms with van der Waals surface area (Å²) in [7, 11) is -3.82. The van der Waals surface area contributed by atoms with Crippen LogP contribution in [0, 0.1) is 5.92 Å². The van der Waals surface area contributed by atoms with Gasteiger partial charge in [0.1, 0.15) is 0 Å². The Morgan fingerprint density at radius 3 is 2.44 bits per heavy atom. The maximum Gasteiger partial charge on any atom is 0.265 e. The molecule has 0 fully saturated rings. The average molecular weight is 242 g/mol. The van der Waals surface area contributed by atoms with E-state index in [2.05, 4.69) is 12.1 Å². The van der Waals surface area contributed by atoms with Crippen molar-refractivity contribution in [3.8, 4) is 0 Å². The summed E-state index contributed by atoms with van der Waals surface area (Å²) >= 11 is 0. The first-order valence-electron chi connectivity index (χ1n) is 5.46. The van der Waals surface area contributed by atoms with Gasteiger partial charge in [0.05, 0.1) is 5.75 Å². The van der Waals surface area contributed by atoms with E-state index in [1.54, 1.807) is 0 Å². The molecule has 0 spiro atoms. The van der Waals surface area contributed by atoms with Crippen molar-refractivity contribution in [2.75, 3.05) is 5.75 Å². The molecular formula is C12H18O3S. The molecule has 4 heteroatoms. The van der Waals surface area contributed by atoms with Crippen molar-refractivity contribution in [3.63, 3.8) is 0 Å². The molecule has 0 amide bonds. The highest BCUT2D eigenvalue weighted by molar-refractivity contribution is 7.85. The van der Waals surface area contributed by atoms with Gasteiger partial charge in [-0.25, -0.2) is 0 Å². The molecule has 1 aromatic rings. The summed E-state index contributed by atoms with van der Waals surface area (Å²) in [4.78, 5) is 0. The Labute approximate surface area is 97.2 Å². The van der Waals surface area contributed by atoms with E-state index in [1.807, 2.05) is 25.1 Å². The lowest BCUT2D eigenvalue weighted by Gasteiger charge is -2.08. The van der Waals surface area contributed by atoms with Crippen LogP contribution in [0.25, 0.3) is 0 Å². The lowest BCUT2D eigenvalue weighted by molar-refractivity contribution is 0.460. The van der Waals surface area contributed by atoms with E-state index >= 15 is 0 Å². The lowest BCUT2D eigenvalue weighted by Crippen LogP contribution is -2.12. The van der Waals surface area contributed by atoms with E-state index in [9.17, 15) is 8.42 Å². The number of benzene rings is 1. The maximum atomic E-state index is 10.6. The van der Waals surface area contributed by atoms with Crippen LogP contribution in [-0.2, 0) is 16.5 Å². The summed E-state index contributed by atoms with van der Waals surface area (Å²) in [5.74, 6) is -0.124. The van der Waals surface area contributed by atoms with Crippen molar-refractivity contribution in [3.05, 3.63) is 35.9 Å². The Bertz CT molecular complexity index is 398. The third-order valence-corrected chi connectivity index (χ3v) is 3.49. The van der Waals surface area contributed by atoms with Crippen LogP contribution in [-0.4, -0.2) is 18.7 Å². The molecule has 1 unspecified atom stereocenters. The zero-order chi connectivity index (χ0) is 12.0. The van der Waals surface area contributed by atoms with Crippen LogP contribution < -0.4 is 0 Å². The monoisotopic (exact) mass is 242 g/mol. The zero-order valence-corrected chi connectivity index (χ0v) is 10.3. The molecule has 1 atom stereocenters. The minimum absolute atomic E-state index is 0.0127. The fourth-order valence-corrected chi connectivity index (χ4v) is 2.63. The van der Waals surface area contributed by atoms with Gasteiger partial charge in [-0.15, -0.1) is 0 Å². The Hall–Kier alpha value is -0.870. The van der Waals surface area contributed by atoms with Crippen LogP contribution in [0.4, 0.5) is 0 Å². The van der Waals surface area contributed by atoms with Crippen LogP contribution in [0.3, 0.4) is 0 Å². The molecule has 1 aromatic carbocycles. The van der Waals surface area contributed by atoms with E-state index in [0.717, 1.165) is 19.3 Å². The Morgan fingerprint density at radius 2 is 1.88 bits per heavy atom. The van der Waals surface area contributed by atoms with Gasteiger partial charge in [0.15, 0.2) is 0 Å². The molecule has 16 heavy (non-hydrogen) atoms. The van der Waals surface area contributed by atoms with Crippen molar-refractivity contribution in [2.45, 2.75) is 26.2 Å². The lowest BCUT2D eigenvalue weighted by atomic mass is 10.0. The summed E-state index contributed by atoms with van der Waals surface area (Å²) in [6.45, 7) is 1.85. The highest BCUT2D eigenvalue weighted by Gasteiger charge is 2.11. The minimum atomic E-state index is -3.82. The standard InChI is InChI=1S/C12H18O3S/c1-11(10-16(13,14)15)6-5-9-12-7-3-2-4-8-12/h2-4,7-8,11H,5-6,9-10H2,1H3,(H,13,14,15). The van der Waals surface area contributed by atoms with Gasteiger partial charge in [-0.2, -0.15) is 8.42 Å². The fourth-order valence-electron chi connectivity index (χ4n) is 1.74. The van der Waals surface area contributed by atoms with Gasteiger partial charge in [-0.1, -0.05) is 37.3 Å². The Kier molecular flexibility index (Phi) is 4.96.